The summed E-state index contributed by atoms with van der Waals surface area (Å²) in [6.07, 6.45) is 1.30. The van der Waals surface area contributed by atoms with Crippen LogP contribution >= 0.6 is 0 Å². The number of amides is 2. The van der Waals surface area contributed by atoms with Crippen LogP contribution in [0.4, 0.5) is 4.79 Å². The molecule has 1 aromatic rings. The summed E-state index contributed by atoms with van der Waals surface area (Å²) in [6, 6.07) is 9.38. The summed E-state index contributed by atoms with van der Waals surface area (Å²) >= 11 is 0. The fraction of sp³-hybridized carbons (Fsp3) is 0.571. The van der Waals surface area contributed by atoms with Crippen LogP contribution in [0.1, 0.15) is 24.8 Å². The smallest absolute Gasteiger partial charge is 0.410 e. The summed E-state index contributed by atoms with van der Waals surface area (Å²) in [6.45, 7) is 2.95. The Kier molecular flexibility index (Phi) is 7.46. The van der Waals surface area contributed by atoms with Crippen molar-refractivity contribution in [1.29, 1.82) is 0 Å². The highest BCUT2D eigenvalue weighted by atomic mass is 16.6. The number of nitrogens with zero attached hydrogens (tertiary/aromatic N) is 2. The third-order valence-corrected chi connectivity index (χ3v) is 5.68. The largest absolute Gasteiger partial charge is 0.469 e. The first-order valence-electron chi connectivity index (χ1n) is 10.1. The molecule has 2 amide bonds. The lowest BCUT2D eigenvalue weighted by atomic mass is 9.86. The number of hydrogen-bond donors (Lipinski definition) is 1. The molecule has 0 aliphatic carbocycles. The van der Waals surface area contributed by atoms with E-state index in [4.69, 9.17) is 9.47 Å². The van der Waals surface area contributed by atoms with E-state index in [1.54, 1.807) is 4.90 Å². The molecule has 1 unspecified atom stereocenters. The summed E-state index contributed by atoms with van der Waals surface area (Å²) < 4.78 is 10.3. The highest BCUT2D eigenvalue weighted by molar-refractivity contribution is 5.80. The van der Waals surface area contributed by atoms with Crippen molar-refractivity contribution in [2.45, 2.75) is 31.9 Å². The summed E-state index contributed by atoms with van der Waals surface area (Å²) in [4.78, 5) is 40.2. The van der Waals surface area contributed by atoms with Crippen LogP contribution in [0.5, 0.6) is 0 Å². The van der Waals surface area contributed by atoms with Crippen LogP contribution in [-0.2, 0) is 25.7 Å². The van der Waals surface area contributed by atoms with Crippen LogP contribution < -0.4 is 5.32 Å². The van der Waals surface area contributed by atoms with Crippen LogP contribution in [0.2, 0.25) is 0 Å². The van der Waals surface area contributed by atoms with Crippen molar-refractivity contribution in [3.63, 3.8) is 0 Å². The Labute approximate surface area is 171 Å². The molecule has 2 heterocycles. The molecule has 29 heavy (non-hydrogen) atoms. The number of esters is 1. The number of hydrogen-bond acceptors (Lipinski definition) is 6. The molecule has 0 saturated carbocycles. The first kappa shape index (κ1) is 21.1. The van der Waals surface area contributed by atoms with Crippen molar-refractivity contribution in [2.24, 2.45) is 5.92 Å². The topological polar surface area (TPSA) is 88.2 Å². The molecule has 1 N–H and O–H groups in total. The van der Waals surface area contributed by atoms with Gasteiger partial charge in [0, 0.05) is 32.2 Å². The summed E-state index contributed by atoms with van der Waals surface area (Å²) in [5.74, 6) is -0.157. The normalized spacial score (nSPS) is 19.0. The molecule has 1 aromatic carbocycles. The third kappa shape index (κ3) is 5.69. The quantitative estimate of drug-likeness (QED) is 0.723. The lowest BCUT2D eigenvalue weighted by Crippen LogP contribution is -2.56. The van der Waals surface area contributed by atoms with Gasteiger partial charge < -0.3 is 24.6 Å². The van der Waals surface area contributed by atoms with Gasteiger partial charge in [-0.3, -0.25) is 9.59 Å². The number of benzene rings is 1. The number of likely N-dealkylation sites (tertiary alicyclic amines) is 1. The van der Waals surface area contributed by atoms with E-state index in [9.17, 15) is 14.4 Å². The third-order valence-electron chi connectivity index (χ3n) is 5.68. The average Bonchev–Trinajstić information content (AvgIpc) is 2.77. The molecule has 2 aliphatic rings. The summed E-state index contributed by atoms with van der Waals surface area (Å²) in [5, 5.41) is 3.06. The molecule has 2 fully saturated rings. The monoisotopic (exact) mass is 403 g/mol. The van der Waals surface area contributed by atoms with E-state index in [1.165, 1.54) is 7.11 Å². The van der Waals surface area contributed by atoms with Gasteiger partial charge in [0.25, 0.3) is 0 Å². The summed E-state index contributed by atoms with van der Waals surface area (Å²) in [7, 11) is 1.37. The van der Waals surface area contributed by atoms with Crippen molar-refractivity contribution in [2.75, 3.05) is 39.8 Å². The Balaban J connectivity index is 1.55. The second-order valence-corrected chi connectivity index (χ2v) is 7.48. The first-order valence-corrected chi connectivity index (χ1v) is 10.1. The number of carbonyl (C=O) groups excluding carboxylic acids is 3. The molecule has 0 spiro atoms. The van der Waals surface area contributed by atoms with Gasteiger partial charge in [-0.25, -0.2) is 4.79 Å². The molecule has 8 heteroatoms. The van der Waals surface area contributed by atoms with Crippen molar-refractivity contribution in [3.8, 4) is 0 Å². The van der Waals surface area contributed by atoms with Crippen LogP contribution in [-0.4, -0.2) is 73.6 Å². The maximum atomic E-state index is 12.4. The summed E-state index contributed by atoms with van der Waals surface area (Å²) in [5.41, 5.74) is 0.950. The molecule has 0 bridgehead atoms. The molecule has 3 rings (SSSR count). The van der Waals surface area contributed by atoms with E-state index in [-0.39, 0.29) is 43.0 Å². The minimum Gasteiger partial charge on any atom is -0.469 e. The first-order chi connectivity index (χ1) is 14.1. The minimum absolute atomic E-state index is 0.00912. The Morgan fingerprint density at radius 3 is 2.55 bits per heavy atom. The van der Waals surface area contributed by atoms with E-state index >= 15 is 0 Å². The van der Waals surface area contributed by atoms with Gasteiger partial charge >= 0.3 is 12.1 Å². The van der Waals surface area contributed by atoms with Crippen LogP contribution in [0.25, 0.3) is 0 Å². The molecular weight excluding hydrogens is 374 g/mol. The fourth-order valence-corrected chi connectivity index (χ4v) is 4.03. The van der Waals surface area contributed by atoms with E-state index in [0.29, 0.717) is 32.7 Å². The predicted octanol–water partition coefficient (Wildman–Crippen LogP) is 1.40. The number of ether oxygens (including phenoxy) is 2. The second kappa shape index (κ2) is 10.2. The van der Waals surface area contributed by atoms with Crippen molar-refractivity contribution < 1.29 is 23.9 Å². The fourth-order valence-electron chi connectivity index (χ4n) is 4.03. The van der Waals surface area contributed by atoms with Crippen molar-refractivity contribution in [1.82, 2.24) is 15.1 Å². The van der Waals surface area contributed by atoms with Gasteiger partial charge in [0.05, 0.1) is 20.1 Å². The van der Waals surface area contributed by atoms with Gasteiger partial charge in [0.2, 0.25) is 5.91 Å². The van der Waals surface area contributed by atoms with E-state index in [2.05, 4.69) is 5.32 Å². The number of piperazine rings is 1. The van der Waals surface area contributed by atoms with Crippen LogP contribution in [0.15, 0.2) is 30.3 Å². The molecule has 0 aromatic heterocycles. The number of nitrogens with one attached hydrogen (secondary N) is 1. The number of carbonyl (C=O) groups is 3. The molecule has 2 aliphatic heterocycles. The van der Waals surface area contributed by atoms with Gasteiger partial charge in [0.15, 0.2) is 0 Å². The standard InChI is InChI=1S/C21H29N3O5/c1-28-20(26)13-18(24-12-9-22-14-19(24)25)17-7-10-23(11-8-17)21(27)29-15-16-5-3-2-4-6-16/h2-6,17-18,22H,7-15H2,1H3. The van der Waals surface area contributed by atoms with Gasteiger partial charge in [-0.2, -0.15) is 0 Å². The highest BCUT2D eigenvalue weighted by Crippen LogP contribution is 2.27. The van der Waals surface area contributed by atoms with E-state index in [0.717, 1.165) is 18.4 Å². The number of methoxy groups -OCH3 is 1. The van der Waals surface area contributed by atoms with Gasteiger partial charge in [-0.05, 0) is 24.3 Å². The molecular formula is C21H29N3O5. The highest BCUT2D eigenvalue weighted by Gasteiger charge is 2.36. The zero-order valence-corrected chi connectivity index (χ0v) is 16.8. The zero-order valence-electron chi connectivity index (χ0n) is 16.8. The van der Waals surface area contributed by atoms with E-state index < -0.39 is 0 Å². The average molecular weight is 403 g/mol. The lowest BCUT2D eigenvalue weighted by Gasteiger charge is -2.42. The maximum Gasteiger partial charge on any atom is 0.410 e. The van der Waals surface area contributed by atoms with Crippen molar-refractivity contribution >= 4 is 18.0 Å². The maximum absolute atomic E-state index is 12.4. The van der Waals surface area contributed by atoms with Crippen LogP contribution in [0, 0.1) is 5.92 Å². The van der Waals surface area contributed by atoms with Gasteiger partial charge in [-0.1, -0.05) is 30.3 Å². The minimum atomic E-state index is -0.324. The second-order valence-electron chi connectivity index (χ2n) is 7.48. The Morgan fingerprint density at radius 2 is 1.90 bits per heavy atom. The molecule has 0 radical (unpaired) electrons. The molecule has 158 valence electrons. The number of rotatable bonds is 6. The molecule has 2 saturated heterocycles. The van der Waals surface area contributed by atoms with Crippen LogP contribution in [0.3, 0.4) is 0 Å². The van der Waals surface area contributed by atoms with E-state index in [1.807, 2.05) is 35.2 Å². The lowest BCUT2D eigenvalue weighted by molar-refractivity contribution is -0.145. The Hall–Kier alpha value is -2.61. The predicted molar refractivity (Wildman–Crippen MR) is 106 cm³/mol. The molecule has 1 atom stereocenters. The van der Waals surface area contributed by atoms with Crippen molar-refractivity contribution in [3.05, 3.63) is 35.9 Å². The zero-order chi connectivity index (χ0) is 20.6. The Morgan fingerprint density at radius 1 is 1.17 bits per heavy atom. The van der Waals surface area contributed by atoms with Gasteiger partial charge in [0.1, 0.15) is 6.61 Å². The Bertz CT molecular complexity index is 704. The SMILES string of the molecule is COC(=O)CC(C1CCN(C(=O)OCc2ccccc2)CC1)N1CCNCC1=O. The molecule has 8 nitrogen and oxygen atoms in total. The number of piperidine rings is 1. The van der Waals surface area contributed by atoms with Gasteiger partial charge in [-0.15, -0.1) is 0 Å².